The zero-order valence-electron chi connectivity index (χ0n) is 15.8. The third-order valence-corrected chi connectivity index (χ3v) is 6.27. The molecule has 1 saturated carbocycles. The number of carbonyl (C=O) groups excluding carboxylic acids is 1. The summed E-state index contributed by atoms with van der Waals surface area (Å²) in [5.41, 5.74) is 0.952. The molecule has 7 heteroatoms. The van der Waals surface area contributed by atoms with Crippen LogP contribution in [0.2, 0.25) is 0 Å². The summed E-state index contributed by atoms with van der Waals surface area (Å²) >= 11 is 1.45. The van der Waals surface area contributed by atoms with E-state index in [0.717, 1.165) is 45.7 Å². The fourth-order valence-corrected chi connectivity index (χ4v) is 4.60. The smallest absolute Gasteiger partial charge is 0.261 e. The predicted octanol–water partition coefficient (Wildman–Crippen LogP) is 3.90. The molecular weight excluding hydrogens is 348 g/mol. The fourth-order valence-electron chi connectivity index (χ4n) is 3.55. The minimum absolute atomic E-state index is 0.0206. The lowest BCUT2D eigenvalue weighted by Crippen LogP contribution is -2.36. The Hall–Kier alpha value is -1.73. The zero-order valence-corrected chi connectivity index (χ0v) is 16.6. The van der Waals surface area contributed by atoms with Gasteiger partial charge in [0, 0.05) is 13.2 Å². The van der Waals surface area contributed by atoms with Gasteiger partial charge in [0.15, 0.2) is 0 Å². The number of methoxy groups -OCH3 is 1. The number of amides is 1. The predicted molar refractivity (Wildman–Crippen MR) is 106 cm³/mol. The summed E-state index contributed by atoms with van der Waals surface area (Å²) in [7, 11) is 1.70. The molecule has 3 rings (SSSR count). The van der Waals surface area contributed by atoms with Gasteiger partial charge in [0.05, 0.1) is 22.9 Å². The third-order valence-electron chi connectivity index (χ3n) is 5.07. The van der Waals surface area contributed by atoms with Crippen LogP contribution in [0.1, 0.15) is 60.7 Å². The van der Waals surface area contributed by atoms with Gasteiger partial charge in [-0.2, -0.15) is 0 Å². The summed E-state index contributed by atoms with van der Waals surface area (Å²) in [4.78, 5) is 23.2. The topological polar surface area (TPSA) is 76.1 Å². The maximum absolute atomic E-state index is 12.8. The quantitative estimate of drug-likeness (QED) is 0.766. The van der Waals surface area contributed by atoms with E-state index in [-0.39, 0.29) is 11.9 Å². The summed E-state index contributed by atoms with van der Waals surface area (Å²) in [5, 5.41) is 7.60. The van der Waals surface area contributed by atoms with Crippen LogP contribution in [-0.2, 0) is 4.74 Å². The molecule has 2 aromatic heterocycles. The number of fused-ring (bicyclic) bond motifs is 1. The van der Waals surface area contributed by atoms with Crippen LogP contribution < -0.4 is 10.6 Å². The van der Waals surface area contributed by atoms with Crippen LogP contribution in [0.3, 0.4) is 0 Å². The van der Waals surface area contributed by atoms with Crippen molar-refractivity contribution in [2.45, 2.75) is 64.5 Å². The molecule has 6 nitrogen and oxygen atoms in total. The van der Waals surface area contributed by atoms with Gasteiger partial charge in [-0.1, -0.05) is 26.2 Å². The molecule has 1 aliphatic rings. The minimum Gasteiger partial charge on any atom is -0.383 e. The first-order valence-electron chi connectivity index (χ1n) is 9.44. The number of hydrogen-bond donors (Lipinski definition) is 2. The molecule has 1 amide bonds. The van der Waals surface area contributed by atoms with Gasteiger partial charge in [0.25, 0.3) is 5.91 Å². The molecule has 0 aliphatic heterocycles. The average molecular weight is 377 g/mol. The summed E-state index contributed by atoms with van der Waals surface area (Å²) in [6.07, 6.45) is 8.33. The van der Waals surface area contributed by atoms with Crippen molar-refractivity contribution in [2.75, 3.05) is 19.0 Å². The monoisotopic (exact) mass is 376 g/mol. The van der Waals surface area contributed by atoms with Gasteiger partial charge in [0.1, 0.15) is 17.0 Å². The Bertz CT molecular complexity index is 755. The normalized spacial score (nSPS) is 16.6. The number of aryl methyl sites for hydroxylation is 1. The number of nitrogens with one attached hydrogen (secondary N) is 2. The van der Waals surface area contributed by atoms with Crippen molar-refractivity contribution in [1.29, 1.82) is 0 Å². The average Bonchev–Trinajstić information content (AvgIpc) is 3.00. The summed E-state index contributed by atoms with van der Waals surface area (Å²) in [6, 6.07) is 0.479. The van der Waals surface area contributed by atoms with Crippen molar-refractivity contribution in [1.82, 2.24) is 15.3 Å². The van der Waals surface area contributed by atoms with Crippen molar-refractivity contribution >= 4 is 33.3 Å². The fraction of sp³-hybridized carbons (Fsp3) is 0.632. The van der Waals surface area contributed by atoms with Crippen molar-refractivity contribution in [3.8, 4) is 0 Å². The van der Waals surface area contributed by atoms with Gasteiger partial charge in [-0.05, 0) is 31.7 Å². The molecule has 1 unspecified atom stereocenters. The molecule has 1 fully saturated rings. The number of aromatic nitrogens is 2. The standard InChI is InChI=1S/C19H28N4O2S/c1-4-13(10-25-3)22-17-15-12(2)16(26-19(15)21-11-20-17)18(24)23-14-8-6-5-7-9-14/h11,13-14H,4-10H2,1-3H3,(H,23,24)(H,20,21,22). The Morgan fingerprint density at radius 1 is 1.35 bits per heavy atom. The third kappa shape index (κ3) is 4.15. The Labute approximate surface area is 158 Å². The second-order valence-corrected chi connectivity index (χ2v) is 7.97. The summed E-state index contributed by atoms with van der Waals surface area (Å²) in [6.45, 7) is 4.71. The SMILES string of the molecule is CCC(COC)Nc1ncnc2sc(C(=O)NC3CCCCC3)c(C)c12. The molecule has 2 N–H and O–H groups in total. The highest BCUT2D eigenvalue weighted by Gasteiger charge is 2.23. The molecular formula is C19H28N4O2S. The van der Waals surface area contributed by atoms with Crippen LogP contribution >= 0.6 is 11.3 Å². The maximum Gasteiger partial charge on any atom is 0.261 e. The highest BCUT2D eigenvalue weighted by atomic mass is 32.1. The van der Waals surface area contributed by atoms with Crippen molar-refractivity contribution in [3.05, 3.63) is 16.8 Å². The first-order valence-corrected chi connectivity index (χ1v) is 10.3. The number of rotatable bonds is 7. The lowest BCUT2D eigenvalue weighted by Gasteiger charge is -2.22. The number of thiophene rings is 1. The summed E-state index contributed by atoms with van der Waals surface area (Å²) < 4.78 is 5.27. The van der Waals surface area contributed by atoms with E-state index in [4.69, 9.17) is 4.74 Å². The highest BCUT2D eigenvalue weighted by Crippen LogP contribution is 2.34. The van der Waals surface area contributed by atoms with E-state index in [9.17, 15) is 4.79 Å². The lowest BCUT2D eigenvalue weighted by atomic mass is 9.95. The van der Waals surface area contributed by atoms with E-state index in [1.807, 2.05) is 6.92 Å². The van der Waals surface area contributed by atoms with Gasteiger partial charge < -0.3 is 15.4 Å². The zero-order chi connectivity index (χ0) is 18.5. The van der Waals surface area contributed by atoms with E-state index in [1.54, 1.807) is 13.4 Å². The second-order valence-electron chi connectivity index (χ2n) is 6.97. The second kappa shape index (κ2) is 8.77. The molecule has 26 heavy (non-hydrogen) atoms. The molecule has 0 spiro atoms. The van der Waals surface area contributed by atoms with Crippen LogP contribution in [0.25, 0.3) is 10.2 Å². The molecule has 1 atom stereocenters. The van der Waals surface area contributed by atoms with E-state index < -0.39 is 0 Å². The maximum atomic E-state index is 12.8. The van der Waals surface area contributed by atoms with Crippen molar-refractivity contribution < 1.29 is 9.53 Å². The summed E-state index contributed by atoms with van der Waals surface area (Å²) in [5.74, 6) is 0.802. The van der Waals surface area contributed by atoms with E-state index in [2.05, 4.69) is 27.5 Å². The van der Waals surface area contributed by atoms with Gasteiger partial charge in [-0.3, -0.25) is 4.79 Å². The molecule has 0 saturated heterocycles. The number of anilines is 1. The van der Waals surface area contributed by atoms with E-state index in [0.29, 0.717) is 12.6 Å². The molecule has 2 heterocycles. The Balaban J connectivity index is 1.85. The first kappa shape index (κ1) is 19.0. The largest absolute Gasteiger partial charge is 0.383 e. The van der Waals surface area contributed by atoms with Gasteiger partial charge in [-0.15, -0.1) is 11.3 Å². The molecule has 1 aliphatic carbocycles. The number of hydrogen-bond acceptors (Lipinski definition) is 6. The lowest BCUT2D eigenvalue weighted by molar-refractivity contribution is 0.0931. The van der Waals surface area contributed by atoms with Crippen molar-refractivity contribution in [2.24, 2.45) is 0 Å². The van der Waals surface area contributed by atoms with Crippen LogP contribution in [0.5, 0.6) is 0 Å². The number of ether oxygens (including phenoxy) is 1. The van der Waals surface area contributed by atoms with Crippen LogP contribution in [-0.4, -0.2) is 41.7 Å². The molecule has 0 aromatic carbocycles. The number of nitrogens with zero attached hydrogens (tertiary/aromatic N) is 2. The molecule has 0 bridgehead atoms. The molecule has 142 valence electrons. The Kier molecular flexibility index (Phi) is 6.43. The molecule has 2 aromatic rings. The minimum atomic E-state index is 0.0206. The van der Waals surface area contributed by atoms with Crippen LogP contribution in [0, 0.1) is 6.92 Å². The van der Waals surface area contributed by atoms with Crippen molar-refractivity contribution in [3.63, 3.8) is 0 Å². The molecule has 0 radical (unpaired) electrons. The Morgan fingerprint density at radius 2 is 2.12 bits per heavy atom. The highest BCUT2D eigenvalue weighted by molar-refractivity contribution is 7.20. The van der Waals surface area contributed by atoms with E-state index >= 15 is 0 Å². The van der Waals surface area contributed by atoms with Gasteiger partial charge in [-0.25, -0.2) is 9.97 Å². The van der Waals surface area contributed by atoms with Gasteiger partial charge in [0.2, 0.25) is 0 Å². The van der Waals surface area contributed by atoms with Crippen LogP contribution in [0.4, 0.5) is 5.82 Å². The number of carbonyl (C=O) groups is 1. The first-order chi connectivity index (χ1) is 12.6. The van der Waals surface area contributed by atoms with Gasteiger partial charge >= 0.3 is 0 Å². The Morgan fingerprint density at radius 3 is 2.81 bits per heavy atom. The van der Waals surface area contributed by atoms with E-state index in [1.165, 1.54) is 30.6 Å². The van der Waals surface area contributed by atoms with Crippen LogP contribution in [0.15, 0.2) is 6.33 Å².